The number of benzene rings is 1. The van der Waals surface area contributed by atoms with Crippen LogP contribution in [0, 0.1) is 23.0 Å². The van der Waals surface area contributed by atoms with Gasteiger partial charge in [0.15, 0.2) is 11.6 Å². The van der Waals surface area contributed by atoms with E-state index in [2.05, 4.69) is 4.74 Å². The lowest BCUT2D eigenvalue weighted by molar-refractivity contribution is 0.371. The van der Waals surface area contributed by atoms with Crippen LogP contribution in [0.2, 0.25) is 0 Å². The molecule has 0 radical (unpaired) electrons. The summed E-state index contributed by atoms with van der Waals surface area (Å²) in [5.74, 6) is -2.69. The molecule has 0 aliphatic carbocycles. The number of methoxy groups -OCH3 is 1. The summed E-state index contributed by atoms with van der Waals surface area (Å²) in [5.41, 5.74) is 0.406. The first-order valence-electron chi connectivity index (χ1n) is 4.02. The molecule has 4 heteroatoms. The van der Waals surface area contributed by atoms with Crippen LogP contribution in [-0.4, -0.2) is 7.11 Å². The maximum Gasteiger partial charge on any atom is 0.200 e. The summed E-state index contributed by atoms with van der Waals surface area (Å²) in [6.07, 6.45) is 0. The molecule has 0 N–H and O–H groups in total. The predicted octanol–water partition coefficient (Wildman–Crippen LogP) is 2.60. The molecule has 1 atom stereocenters. The summed E-state index contributed by atoms with van der Waals surface area (Å²) in [4.78, 5) is 0. The van der Waals surface area contributed by atoms with E-state index in [-0.39, 0.29) is 5.75 Å². The number of rotatable bonds is 2. The highest BCUT2D eigenvalue weighted by Gasteiger charge is 2.14. The Morgan fingerprint density at radius 1 is 1.43 bits per heavy atom. The van der Waals surface area contributed by atoms with Gasteiger partial charge in [-0.15, -0.1) is 0 Å². The first-order chi connectivity index (χ1) is 6.60. The van der Waals surface area contributed by atoms with E-state index in [0.29, 0.717) is 5.56 Å². The van der Waals surface area contributed by atoms with Crippen molar-refractivity contribution >= 4 is 0 Å². The summed E-state index contributed by atoms with van der Waals surface area (Å²) in [5, 5.41) is 8.60. The number of nitriles is 1. The Morgan fingerprint density at radius 3 is 2.57 bits per heavy atom. The fourth-order valence-electron chi connectivity index (χ4n) is 1.06. The molecule has 0 saturated heterocycles. The Balaban J connectivity index is 3.24. The Bertz CT molecular complexity index is 384. The molecule has 1 unspecified atom stereocenters. The van der Waals surface area contributed by atoms with Crippen molar-refractivity contribution in [2.45, 2.75) is 12.8 Å². The van der Waals surface area contributed by atoms with Crippen LogP contribution >= 0.6 is 0 Å². The van der Waals surface area contributed by atoms with E-state index in [1.807, 2.05) is 6.07 Å². The molecule has 0 aliphatic rings. The van der Waals surface area contributed by atoms with Gasteiger partial charge in [0, 0.05) is 0 Å². The molecule has 0 fully saturated rings. The summed E-state index contributed by atoms with van der Waals surface area (Å²) in [7, 11) is 1.25. The Morgan fingerprint density at radius 2 is 2.07 bits per heavy atom. The molecule has 0 aromatic heterocycles. The van der Waals surface area contributed by atoms with Crippen molar-refractivity contribution < 1.29 is 13.5 Å². The van der Waals surface area contributed by atoms with Crippen LogP contribution in [0.5, 0.6) is 5.75 Å². The van der Waals surface area contributed by atoms with Crippen molar-refractivity contribution in [2.75, 3.05) is 7.11 Å². The molecule has 74 valence electrons. The molecule has 0 heterocycles. The first-order valence-corrected chi connectivity index (χ1v) is 4.02. The Kier molecular flexibility index (Phi) is 3.03. The third-order valence-corrected chi connectivity index (χ3v) is 1.93. The molecule has 0 amide bonds. The van der Waals surface area contributed by atoms with Gasteiger partial charge >= 0.3 is 0 Å². The van der Waals surface area contributed by atoms with Crippen molar-refractivity contribution in [3.63, 3.8) is 0 Å². The quantitative estimate of drug-likeness (QED) is 0.730. The zero-order valence-corrected chi connectivity index (χ0v) is 7.84. The lowest BCUT2D eigenvalue weighted by Gasteiger charge is -2.07. The van der Waals surface area contributed by atoms with E-state index in [0.717, 1.165) is 6.07 Å². The summed E-state index contributed by atoms with van der Waals surface area (Å²) >= 11 is 0. The first kappa shape index (κ1) is 10.5. The average Bonchev–Trinajstić information content (AvgIpc) is 2.20. The van der Waals surface area contributed by atoms with Crippen LogP contribution in [0.1, 0.15) is 18.4 Å². The third kappa shape index (κ3) is 1.82. The predicted molar refractivity (Wildman–Crippen MR) is 46.9 cm³/mol. The molecule has 0 bridgehead atoms. The molecule has 0 saturated carbocycles. The molecule has 1 aromatic rings. The Hall–Kier alpha value is -1.63. The molecule has 1 rings (SSSR count). The van der Waals surface area contributed by atoms with Gasteiger partial charge in [0.25, 0.3) is 0 Å². The van der Waals surface area contributed by atoms with Gasteiger partial charge in [-0.05, 0) is 24.6 Å². The largest absolute Gasteiger partial charge is 0.494 e. The van der Waals surface area contributed by atoms with Crippen LogP contribution in [0.3, 0.4) is 0 Å². The zero-order valence-electron chi connectivity index (χ0n) is 7.84. The lowest BCUT2D eigenvalue weighted by Crippen LogP contribution is -1.97. The van der Waals surface area contributed by atoms with Gasteiger partial charge in [0.1, 0.15) is 0 Å². The highest BCUT2D eigenvalue weighted by molar-refractivity contribution is 5.35. The minimum Gasteiger partial charge on any atom is -0.494 e. The number of hydrogen-bond acceptors (Lipinski definition) is 2. The van der Waals surface area contributed by atoms with Gasteiger partial charge in [0.2, 0.25) is 5.82 Å². The second-order valence-corrected chi connectivity index (χ2v) is 2.87. The van der Waals surface area contributed by atoms with Crippen molar-refractivity contribution in [1.82, 2.24) is 0 Å². The second-order valence-electron chi connectivity index (χ2n) is 2.87. The number of ether oxygens (including phenoxy) is 1. The van der Waals surface area contributed by atoms with Gasteiger partial charge in [-0.1, -0.05) is 0 Å². The van der Waals surface area contributed by atoms with Crippen LogP contribution < -0.4 is 4.74 Å². The van der Waals surface area contributed by atoms with Crippen molar-refractivity contribution in [2.24, 2.45) is 0 Å². The second kappa shape index (κ2) is 4.05. The fraction of sp³-hybridized carbons (Fsp3) is 0.300. The normalized spacial score (nSPS) is 11.9. The molecule has 0 spiro atoms. The van der Waals surface area contributed by atoms with Crippen molar-refractivity contribution in [3.8, 4) is 11.8 Å². The summed E-state index contributed by atoms with van der Waals surface area (Å²) in [6, 6.07) is 4.27. The van der Waals surface area contributed by atoms with Crippen LogP contribution in [0.25, 0.3) is 0 Å². The van der Waals surface area contributed by atoms with Gasteiger partial charge in [-0.2, -0.15) is 9.65 Å². The SMILES string of the molecule is COc1cc(C(C)C#N)cc(F)c1F. The van der Waals surface area contributed by atoms with E-state index in [1.165, 1.54) is 13.2 Å². The minimum atomic E-state index is -1.03. The smallest absolute Gasteiger partial charge is 0.200 e. The lowest BCUT2D eigenvalue weighted by atomic mass is 10.0. The summed E-state index contributed by atoms with van der Waals surface area (Å²) in [6.45, 7) is 1.60. The number of hydrogen-bond donors (Lipinski definition) is 0. The van der Waals surface area contributed by atoms with Gasteiger partial charge in [-0.3, -0.25) is 0 Å². The molecule has 14 heavy (non-hydrogen) atoms. The van der Waals surface area contributed by atoms with Gasteiger partial charge < -0.3 is 4.74 Å². The van der Waals surface area contributed by atoms with Crippen molar-refractivity contribution in [1.29, 1.82) is 5.26 Å². The van der Waals surface area contributed by atoms with E-state index in [1.54, 1.807) is 6.92 Å². The van der Waals surface area contributed by atoms with Gasteiger partial charge in [-0.25, -0.2) is 4.39 Å². The molecule has 0 aliphatic heterocycles. The fourth-order valence-corrected chi connectivity index (χ4v) is 1.06. The van der Waals surface area contributed by atoms with Crippen LogP contribution in [-0.2, 0) is 0 Å². The van der Waals surface area contributed by atoms with E-state index in [4.69, 9.17) is 5.26 Å². The molecule has 2 nitrogen and oxygen atoms in total. The number of nitrogens with zero attached hydrogens (tertiary/aromatic N) is 1. The maximum absolute atomic E-state index is 13.0. The highest BCUT2D eigenvalue weighted by atomic mass is 19.2. The molecule has 1 aromatic carbocycles. The van der Waals surface area contributed by atoms with E-state index >= 15 is 0 Å². The maximum atomic E-state index is 13.0. The standard InChI is InChI=1S/C10H9F2NO/c1-6(5-13)7-3-8(11)10(12)9(4-7)14-2/h3-4,6H,1-2H3. The van der Waals surface area contributed by atoms with Gasteiger partial charge in [0.05, 0.1) is 19.1 Å². The molecular weight excluding hydrogens is 188 g/mol. The van der Waals surface area contributed by atoms with Crippen LogP contribution in [0.15, 0.2) is 12.1 Å². The minimum absolute atomic E-state index is 0.179. The highest BCUT2D eigenvalue weighted by Crippen LogP contribution is 2.25. The topological polar surface area (TPSA) is 33.0 Å². The average molecular weight is 197 g/mol. The van der Waals surface area contributed by atoms with E-state index in [9.17, 15) is 8.78 Å². The third-order valence-electron chi connectivity index (χ3n) is 1.93. The Labute approximate surface area is 80.7 Å². The van der Waals surface area contributed by atoms with Crippen molar-refractivity contribution in [3.05, 3.63) is 29.3 Å². The molecular formula is C10H9F2NO. The number of halogens is 2. The van der Waals surface area contributed by atoms with Crippen LogP contribution in [0.4, 0.5) is 8.78 Å². The van der Waals surface area contributed by atoms with E-state index < -0.39 is 17.6 Å². The zero-order chi connectivity index (χ0) is 10.7. The summed E-state index contributed by atoms with van der Waals surface area (Å²) < 4.78 is 30.6. The monoisotopic (exact) mass is 197 g/mol.